The van der Waals surface area contributed by atoms with Crippen molar-refractivity contribution in [2.75, 3.05) is 6.61 Å². The number of ether oxygens (including phenoxy) is 1. The largest absolute Gasteiger partial charge is 0.393 e. The van der Waals surface area contributed by atoms with E-state index in [0.29, 0.717) is 4.57 Å². The van der Waals surface area contributed by atoms with Crippen molar-refractivity contribution in [1.29, 1.82) is 0 Å². The second kappa shape index (κ2) is 4.26. The molecule has 0 amide bonds. The summed E-state index contributed by atoms with van der Waals surface area (Å²) in [5.41, 5.74) is -1.69. The van der Waals surface area contributed by atoms with E-state index >= 15 is 0 Å². The smallest absolute Gasteiger partial charge is 0.330 e. The van der Waals surface area contributed by atoms with Crippen LogP contribution in [0.2, 0.25) is 0 Å². The number of aromatic amines is 1. The Balaban J connectivity index is 2.41. The van der Waals surface area contributed by atoms with E-state index in [9.17, 15) is 23.5 Å². The van der Waals surface area contributed by atoms with E-state index in [0.717, 1.165) is 12.3 Å². The van der Waals surface area contributed by atoms with Crippen molar-refractivity contribution >= 4 is 0 Å². The topological polar surface area (TPSA) is 105 Å². The molecular weight excluding hydrogens is 254 g/mol. The highest BCUT2D eigenvalue weighted by atomic mass is 19.3. The molecule has 0 spiro atoms. The van der Waals surface area contributed by atoms with Crippen LogP contribution in [-0.2, 0) is 4.74 Å². The third kappa shape index (κ3) is 1.85. The summed E-state index contributed by atoms with van der Waals surface area (Å²) < 4.78 is 32.2. The molecule has 0 saturated carbocycles. The fourth-order valence-corrected chi connectivity index (χ4v) is 1.72. The summed E-state index contributed by atoms with van der Waals surface area (Å²) in [6, 6.07) is 0.932. The molecule has 1 saturated heterocycles. The molecule has 0 aromatic carbocycles. The molecule has 7 nitrogen and oxygen atoms in total. The molecule has 1 aliphatic heterocycles. The summed E-state index contributed by atoms with van der Waals surface area (Å²) in [6.07, 6.45) is -4.93. The van der Waals surface area contributed by atoms with Crippen LogP contribution in [0.4, 0.5) is 8.78 Å². The molecule has 3 N–H and O–H groups in total. The maximum absolute atomic E-state index is 13.4. The van der Waals surface area contributed by atoms with Gasteiger partial charge in [-0.05, 0) is 0 Å². The molecule has 1 aromatic rings. The Morgan fingerprint density at radius 2 is 2.17 bits per heavy atom. The number of H-pyrrole nitrogens is 1. The van der Waals surface area contributed by atoms with Crippen LogP contribution in [0.1, 0.15) is 6.23 Å². The summed E-state index contributed by atoms with van der Waals surface area (Å²) in [5.74, 6) is -3.69. The number of aliphatic hydroxyl groups excluding tert-OH is 2. The van der Waals surface area contributed by atoms with Crippen LogP contribution < -0.4 is 11.2 Å². The van der Waals surface area contributed by atoms with Gasteiger partial charge in [-0.2, -0.15) is 0 Å². The van der Waals surface area contributed by atoms with Crippen molar-refractivity contribution in [3.8, 4) is 0 Å². The first-order valence-corrected chi connectivity index (χ1v) is 5.01. The fourth-order valence-electron chi connectivity index (χ4n) is 1.72. The van der Waals surface area contributed by atoms with Crippen molar-refractivity contribution in [1.82, 2.24) is 9.55 Å². The van der Waals surface area contributed by atoms with Gasteiger partial charge in [0.05, 0.1) is 6.61 Å². The average Bonchev–Trinajstić information content (AvgIpc) is 2.52. The van der Waals surface area contributed by atoms with E-state index in [2.05, 4.69) is 0 Å². The molecule has 9 heteroatoms. The van der Waals surface area contributed by atoms with Crippen LogP contribution in [0.25, 0.3) is 0 Å². The van der Waals surface area contributed by atoms with Gasteiger partial charge in [0.25, 0.3) is 5.56 Å². The van der Waals surface area contributed by atoms with Gasteiger partial charge in [-0.1, -0.05) is 0 Å². The monoisotopic (exact) mass is 264 g/mol. The van der Waals surface area contributed by atoms with Crippen LogP contribution in [0, 0.1) is 0 Å². The molecule has 100 valence electrons. The van der Waals surface area contributed by atoms with Gasteiger partial charge in [-0.3, -0.25) is 14.3 Å². The zero-order valence-electron chi connectivity index (χ0n) is 8.92. The number of nitrogens with zero attached hydrogens (tertiary/aromatic N) is 1. The number of halogens is 2. The summed E-state index contributed by atoms with van der Waals surface area (Å²) in [6.45, 7) is -1.00. The van der Waals surface area contributed by atoms with Gasteiger partial charge in [0, 0.05) is 12.3 Å². The first-order chi connectivity index (χ1) is 8.37. The molecule has 0 aliphatic carbocycles. The molecule has 2 heterocycles. The fraction of sp³-hybridized carbons (Fsp3) is 0.556. The number of alkyl halides is 2. The van der Waals surface area contributed by atoms with E-state index in [1.807, 2.05) is 4.98 Å². The summed E-state index contributed by atoms with van der Waals surface area (Å²) in [5, 5.41) is 18.2. The highest BCUT2D eigenvalue weighted by molar-refractivity contribution is 4.97. The van der Waals surface area contributed by atoms with Gasteiger partial charge in [0.1, 0.15) is 6.10 Å². The molecule has 1 aliphatic rings. The minimum Gasteiger partial charge on any atom is -0.393 e. The third-order valence-electron chi connectivity index (χ3n) is 2.69. The molecule has 0 unspecified atom stereocenters. The molecular formula is C9H10F2N2O5. The van der Waals surface area contributed by atoms with Crippen LogP contribution in [0.15, 0.2) is 21.9 Å². The van der Waals surface area contributed by atoms with Gasteiger partial charge in [0.15, 0.2) is 12.3 Å². The number of hydrogen-bond acceptors (Lipinski definition) is 5. The number of aromatic nitrogens is 2. The molecule has 3 atom stereocenters. The SMILES string of the molecule is O=c1ccn([C@H]2O[C@@H](CO)C(F)(F)[C@@H]2O)c(=O)[nH]1. The van der Waals surface area contributed by atoms with Crippen LogP contribution >= 0.6 is 0 Å². The van der Waals surface area contributed by atoms with Gasteiger partial charge < -0.3 is 14.9 Å². The first-order valence-electron chi connectivity index (χ1n) is 5.01. The predicted octanol–water partition coefficient (Wildman–Crippen LogP) is -1.58. The third-order valence-corrected chi connectivity index (χ3v) is 2.69. The Labute approximate surface area is 98.3 Å². The van der Waals surface area contributed by atoms with E-state index < -0.39 is 42.2 Å². The van der Waals surface area contributed by atoms with E-state index in [4.69, 9.17) is 9.84 Å². The normalized spacial score (nSPS) is 30.6. The number of hydrogen-bond donors (Lipinski definition) is 3. The molecule has 2 rings (SSSR count). The Morgan fingerprint density at radius 1 is 1.50 bits per heavy atom. The maximum Gasteiger partial charge on any atom is 0.330 e. The zero-order chi connectivity index (χ0) is 13.5. The van der Waals surface area contributed by atoms with E-state index in [-0.39, 0.29) is 0 Å². The van der Waals surface area contributed by atoms with Gasteiger partial charge >= 0.3 is 11.6 Å². The molecule has 1 fully saturated rings. The lowest BCUT2D eigenvalue weighted by atomic mass is 10.1. The Bertz CT molecular complexity index is 554. The molecule has 0 bridgehead atoms. The molecule has 0 radical (unpaired) electrons. The van der Waals surface area contributed by atoms with Gasteiger partial charge in [-0.15, -0.1) is 0 Å². The van der Waals surface area contributed by atoms with Crippen LogP contribution in [-0.4, -0.2) is 44.5 Å². The standard InChI is InChI=1S/C9H10F2N2O5/c10-9(11)4(3-14)18-7(6(9)16)13-2-1-5(15)12-8(13)17/h1-2,4,6-7,14,16H,3H2,(H,12,15,17)/t4-,6+,7-/m0/s1. The lowest BCUT2D eigenvalue weighted by molar-refractivity contribution is -0.123. The second-order valence-corrected chi connectivity index (χ2v) is 3.83. The quantitative estimate of drug-likeness (QED) is 0.598. The minimum atomic E-state index is -3.69. The van der Waals surface area contributed by atoms with Crippen molar-refractivity contribution in [3.63, 3.8) is 0 Å². The van der Waals surface area contributed by atoms with E-state index in [1.54, 1.807) is 0 Å². The Hall–Kier alpha value is -1.58. The number of aliphatic hydroxyl groups is 2. The lowest BCUT2D eigenvalue weighted by Crippen LogP contribution is -2.42. The number of nitrogens with one attached hydrogen (secondary N) is 1. The summed E-state index contributed by atoms with van der Waals surface area (Å²) >= 11 is 0. The van der Waals surface area contributed by atoms with E-state index in [1.165, 1.54) is 0 Å². The molecule has 1 aromatic heterocycles. The van der Waals surface area contributed by atoms with Crippen molar-refractivity contribution in [2.24, 2.45) is 0 Å². The summed E-state index contributed by atoms with van der Waals surface area (Å²) in [4.78, 5) is 24.1. The van der Waals surface area contributed by atoms with Gasteiger partial charge in [0.2, 0.25) is 0 Å². The predicted molar refractivity (Wildman–Crippen MR) is 53.3 cm³/mol. The van der Waals surface area contributed by atoms with Crippen LogP contribution in [0.5, 0.6) is 0 Å². The van der Waals surface area contributed by atoms with Gasteiger partial charge in [-0.25, -0.2) is 13.6 Å². The average molecular weight is 264 g/mol. The second-order valence-electron chi connectivity index (χ2n) is 3.83. The minimum absolute atomic E-state index is 0.635. The van der Waals surface area contributed by atoms with Crippen molar-refractivity contribution < 1.29 is 23.7 Å². The summed E-state index contributed by atoms with van der Waals surface area (Å²) in [7, 11) is 0. The first kappa shape index (κ1) is 12.9. The highest BCUT2D eigenvalue weighted by Gasteiger charge is 2.58. The Morgan fingerprint density at radius 3 is 2.67 bits per heavy atom. The lowest BCUT2D eigenvalue weighted by Gasteiger charge is -2.18. The molecule has 18 heavy (non-hydrogen) atoms. The van der Waals surface area contributed by atoms with Crippen molar-refractivity contribution in [3.05, 3.63) is 33.1 Å². The van der Waals surface area contributed by atoms with Crippen molar-refractivity contribution in [2.45, 2.75) is 24.4 Å². The maximum atomic E-state index is 13.4. The van der Waals surface area contributed by atoms with Crippen LogP contribution in [0.3, 0.4) is 0 Å². The highest BCUT2D eigenvalue weighted by Crippen LogP contribution is 2.40. The Kier molecular flexibility index (Phi) is 3.05. The zero-order valence-corrected chi connectivity index (χ0v) is 8.92. The number of rotatable bonds is 2.